The number of benzene rings is 1. The van der Waals surface area contributed by atoms with Gasteiger partial charge in [0.2, 0.25) is 0 Å². The third kappa shape index (κ3) is 3.28. The van der Waals surface area contributed by atoms with E-state index in [1.807, 2.05) is 6.92 Å². The maximum Gasteiger partial charge on any atom is 0.123 e. The number of halogens is 2. The highest BCUT2D eigenvalue weighted by molar-refractivity contribution is 5.85. The molecule has 0 saturated heterocycles. The van der Waals surface area contributed by atoms with Gasteiger partial charge in [0.25, 0.3) is 0 Å². The molecule has 0 aliphatic rings. The molecule has 1 aromatic carbocycles. The lowest BCUT2D eigenvalue weighted by Gasteiger charge is -2.13. The van der Waals surface area contributed by atoms with Gasteiger partial charge in [-0.3, -0.25) is 0 Å². The first kappa shape index (κ1) is 13.4. The second-order valence-electron chi connectivity index (χ2n) is 3.40. The number of hydrogen-bond donors (Lipinski definition) is 1. The summed E-state index contributed by atoms with van der Waals surface area (Å²) >= 11 is 0. The average molecular weight is 218 g/mol. The highest BCUT2D eigenvalue weighted by atomic mass is 35.5. The van der Waals surface area contributed by atoms with Crippen molar-refractivity contribution in [2.45, 2.75) is 32.7 Å². The summed E-state index contributed by atoms with van der Waals surface area (Å²) in [6.45, 7) is 3.99. The molecule has 14 heavy (non-hydrogen) atoms. The Kier molecular flexibility index (Phi) is 5.73. The van der Waals surface area contributed by atoms with Crippen LogP contribution in [0.25, 0.3) is 0 Å². The van der Waals surface area contributed by atoms with Crippen LogP contribution in [0.2, 0.25) is 0 Å². The summed E-state index contributed by atoms with van der Waals surface area (Å²) in [5.41, 5.74) is 7.94. The van der Waals surface area contributed by atoms with Crippen LogP contribution in [0.1, 0.15) is 36.9 Å². The van der Waals surface area contributed by atoms with Crippen molar-refractivity contribution in [1.82, 2.24) is 0 Å². The first-order valence-corrected chi connectivity index (χ1v) is 4.66. The van der Waals surface area contributed by atoms with Crippen LogP contribution < -0.4 is 5.73 Å². The van der Waals surface area contributed by atoms with Crippen molar-refractivity contribution < 1.29 is 4.39 Å². The van der Waals surface area contributed by atoms with Crippen LogP contribution in [0, 0.1) is 12.7 Å². The highest BCUT2D eigenvalue weighted by Crippen LogP contribution is 2.20. The summed E-state index contributed by atoms with van der Waals surface area (Å²) in [6.07, 6.45) is 2.00. The third-order valence-electron chi connectivity index (χ3n) is 2.23. The number of nitrogens with two attached hydrogens (primary N) is 1. The molecule has 0 bridgehead atoms. The van der Waals surface area contributed by atoms with E-state index in [1.165, 1.54) is 12.1 Å². The van der Waals surface area contributed by atoms with Gasteiger partial charge in [-0.1, -0.05) is 19.4 Å². The monoisotopic (exact) mass is 217 g/mol. The molecule has 0 saturated carbocycles. The first-order chi connectivity index (χ1) is 6.15. The van der Waals surface area contributed by atoms with Crippen molar-refractivity contribution in [3.8, 4) is 0 Å². The van der Waals surface area contributed by atoms with Gasteiger partial charge in [-0.15, -0.1) is 12.4 Å². The van der Waals surface area contributed by atoms with Crippen LogP contribution in [-0.2, 0) is 0 Å². The molecular formula is C11H17ClFN. The van der Waals surface area contributed by atoms with Crippen molar-refractivity contribution in [3.63, 3.8) is 0 Å². The van der Waals surface area contributed by atoms with Gasteiger partial charge in [0.15, 0.2) is 0 Å². The SMILES string of the molecule is CCC[C@H](N)c1ccc(F)cc1C.Cl. The van der Waals surface area contributed by atoms with Crippen LogP contribution in [0.3, 0.4) is 0 Å². The van der Waals surface area contributed by atoms with Gasteiger partial charge in [-0.2, -0.15) is 0 Å². The van der Waals surface area contributed by atoms with Crippen LogP contribution >= 0.6 is 12.4 Å². The topological polar surface area (TPSA) is 26.0 Å². The van der Waals surface area contributed by atoms with Crippen molar-refractivity contribution in [3.05, 3.63) is 35.1 Å². The molecule has 0 heterocycles. The molecule has 1 atom stereocenters. The Morgan fingerprint density at radius 2 is 2.07 bits per heavy atom. The summed E-state index contributed by atoms with van der Waals surface area (Å²) in [7, 11) is 0. The molecule has 0 aliphatic heterocycles. The minimum absolute atomic E-state index is 0. The van der Waals surface area contributed by atoms with Crippen molar-refractivity contribution in [1.29, 1.82) is 0 Å². The van der Waals surface area contributed by atoms with Crippen LogP contribution in [0.5, 0.6) is 0 Å². The van der Waals surface area contributed by atoms with Crippen LogP contribution in [0.4, 0.5) is 4.39 Å². The second kappa shape index (κ2) is 5.99. The van der Waals surface area contributed by atoms with Gasteiger partial charge < -0.3 is 5.73 Å². The van der Waals surface area contributed by atoms with E-state index in [9.17, 15) is 4.39 Å². The molecule has 1 aromatic rings. The maximum absolute atomic E-state index is 12.8. The number of rotatable bonds is 3. The van der Waals surface area contributed by atoms with Crippen molar-refractivity contribution in [2.75, 3.05) is 0 Å². The Bertz CT molecular complexity index is 289. The van der Waals surface area contributed by atoms with Gasteiger partial charge in [-0.25, -0.2) is 4.39 Å². The molecule has 0 aromatic heterocycles. The summed E-state index contributed by atoms with van der Waals surface area (Å²) in [6, 6.07) is 4.83. The minimum Gasteiger partial charge on any atom is -0.324 e. The van der Waals surface area contributed by atoms with Gasteiger partial charge in [-0.05, 0) is 36.6 Å². The lowest BCUT2D eigenvalue weighted by atomic mass is 9.98. The van der Waals surface area contributed by atoms with Gasteiger partial charge in [0, 0.05) is 6.04 Å². The van der Waals surface area contributed by atoms with Gasteiger partial charge in [0.1, 0.15) is 5.82 Å². The molecule has 0 unspecified atom stereocenters. The fraction of sp³-hybridized carbons (Fsp3) is 0.455. The zero-order valence-corrected chi connectivity index (χ0v) is 9.40. The number of hydrogen-bond acceptors (Lipinski definition) is 1. The largest absolute Gasteiger partial charge is 0.324 e. The van der Waals surface area contributed by atoms with E-state index < -0.39 is 0 Å². The zero-order valence-electron chi connectivity index (χ0n) is 8.59. The quantitative estimate of drug-likeness (QED) is 0.826. The van der Waals surface area contributed by atoms with E-state index in [4.69, 9.17) is 5.73 Å². The number of aryl methyl sites for hydroxylation is 1. The molecule has 3 heteroatoms. The Morgan fingerprint density at radius 1 is 1.43 bits per heavy atom. The van der Waals surface area contributed by atoms with Crippen LogP contribution in [-0.4, -0.2) is 0 Å². The first-order valence-electron chi connectivity index (χ1n) is 4.66. The fourth-order valence-electron chi connectivity index (χ4n) is 1.52. The maximum atomic E-state index is 12.8. The normalized spacial score (nSPS) is 12.0. The third-order valence-corrected chi connectivity index (χ3v) is 2.23. The Hall–Kier alpha value is -0.600. The fourth-order valence-corrected chi connectivity index (χ4v) is 1.52. The van der Waals surface area contributed by atoms with E-state index in [0.717, 1.165) is 24.0 Å². The standard InChI is InChI=1S/C11H16FN.ClH/c1-3-4-11(13)10-6-5-9(12)7-8(10)2;/h5-7,11H,3-4,13H2,1-2H3;1H/t11-;/m0./s1. The predicted octanol–water partition coefficient (Wildman–Crippen LogP) is 3.36. The molecule has 0 amide bonds. The zero-order chi connectivity index (χ0) is 9.84. The van der Waals surface area contributed by atoms with Crippen molar-refractivity contribution in [2.24, 2.45) is 5.73 Å². The molecule has 0 radical (unpaired) electrons. The smallest absolute Gasteiger partial charge is 0.123 e. The van der Waals surface area contributed by atoms with Gasteiger partial charge >= 0.3 is 0 Å². The molecular weight excluding hydrogens is 201 g/mol. The van der Waals surface area contributed by atoms with E-state index in [2.05, 4.69) is 6.92 Å². The van der Waals surface area contributed by atoms with E-state index in [-0.39, 0.29) is 24.3 Å². The second-order valence-corrected chi connectivity index (χ2v) is 3.40. The summed E-state index contributed by atoms with van der Waals surface area (Å²) in [5, 5.41) is 0. The predicted molar refractivity (Wildman–Crippen MR) is 60.2 cm³/mol. The molecule has 0 aliphatic carbocycles. The summed E-state index contributed by atoms with van der Waals surface area (Å²) in [5.74, 6) is -0.190. The van der Waals surface area contributed by atoms with Crippen LogP contribution in [0.15, 0.2) is 18.2 Å². The lowest BCUT2D eigenvalue weighted by Crippen LogP contribution is -2.11. The molecule has 0 spiro atoms. The molecule has 1 nitrogen and oxygen atoms in total. The lowest BCUT2D eigenvalue weighted by molar-refractivity contribution is 0.612. The summed E-state index contributed by atoms with van der Waals surface area (Å²) < 4.78 is 12.8. The van der Waals surface area contributed by atoms with E-state index in [1.54, 1.807) is 6.07 Å². The molecule has 1 rings (SSSR count). The molecule has 2 N–H and O–H groups in total. The van der Waals surface area contributed by atoms with Gasteiger partial charge in [0.05, 0.1) is 0 Å². The minimum atomic E-state index is -0.190. The Labute approximate surface area is 90.9 Å². The average Bonchev–Trinajstić information content (AvgIpc) is 2.04. The highest BCUT2D eigenvalue weighted by Gasteiger charge is 2.07. The van der Waals surface area contributed by atoms with Crippen molar-refractivity contribution >= 4 is 12.4 Å². The Balaban J connectivity index is 0.00000169. The molecule has 80 valence electrons. The molecule has 0 fully saturated rings. The Morgan fingerprint density at radius 3 is 2.57 bits per heavy atom. The van der Waals surface area contributed by atoms with E-state index >= 15 is 0 Å². The summed E-state index contributed by atoms with van der Waals surface area (Å²) in [4.78, 5) is 0. The van der Waals surface area contributed by atoms with E-state index in [0.29, 0.717) is 0 Å².